The van der Waals surface area contributed by atoms with Crippen molar-refractivity contribution in [3.63, 3.8) is 0 Å². The first-order valence-electron chi connectivity index (χ1n) is 7.74. The van der Waals surface area contributed by atoms with Crippen LogP contribution in [0.4, 0.5) is 0 Å². The number of carbonyl (C=O) groups excluding carboxylic acids is 2. The summed E-state index contributed by atoms with van der Waals surface area (Å²) in [7, 11) is 0. The molecule has 4 N–H and O–H groups in total. The van der Waals surface area contributed by atoms with Crippen molar-refractivity contribution in [2.24, 2.45) is 22.8 Å². The van der Waals surface area contributed by atoms with Crippen LogP contribution in [0.25, 0.3) is 0 Å². The monoisotopic (exact) mass is 320 g/mol. The molecule has 2 aliphatic rings. The highest BCUT2D eigenvalue weighted by molar-refractivity contribution is 5.94. The average molecular weight is 320 g/mol. The largest absolute Gasteiger partial charge is 0.404 e. The Bertz CT molecular complexity index is 558. The summed E-state index contributed by atoms with van der Waals surface area (Å²) in [5.74, 6) is -2.84. The lowest BCUT2D eigenvalue weighted by molar-refractivity contribution is -0.232. The van der Waals surface area contributed by atoms with Crippen LogP contribution in [0.15, 0.2) is 24.3 Å². The zero-order chi connectivity index (χ0) is 17.3. The Morgan fingerprint density at radius 3 is 1.91 bits per heavy atom. The molecule has 23 heavy (non-hydrogen) atoms. The maximum absolute atomic E-state index is 12.3. The number of nitrogens with two attached hydrogens (primary N) is 2. The van der Waals surface area contributed by atoms with Crippen LogP contribution in [-0.4, -0.2) is 24.4 Å². The number of ether oxygens (including phenoxy) is 2. The van der Waals surface area contributed by atoms with E-state index in [0.717, 1.165) is 6.42 Å². The van der Waals surface area contributed by atoms with E-state index in [-0.39, 0.29) is 5.92 Å². The van der Waals surface area contributed by atoms with Crippen molar-refractivity contribution >= 4 is 11.9 Å². The van der Waals surface area contributed by atoms with E-state index in [4.69, 9.17) is 20.9 Å². The van der Waals surface area contributed by atoms with Crippen LogP contribution in [0.5, 0.6) is 0 Å². The predicted molar refractivity (Wildman–Crippen MR) is 85.4 cm³/mol. The van der Waals surface area contributed by atoms with Crippen molar-refractivity contribution in [1.82, 2.24) is 0 Å². The molecule has 0 saturated carbocycles. The third-order valence-corrected chi connectivity index (χ3v) is 4.31. The second-order valence-corrected chi connectivity index (χ2v) is 6.79. The molecule has 1 aromatic rings. The van der Waals surface area contributed by atoms with Crippen LogP contribution in [0, 0.1) is 11.3 Å². The minimum absolute atomic E-state index is 0.244. The van der Waals surface area contributed by atoms with E-state index in [1.807, 2.05) is 20.8 Å². The lowest BCUT2D eigenvalue weighted by Crippen LogP contribution is -2.59. The molecule has 0 fully saturated rings. The molecule has 0 saturated heterocycles. The van der Waals surface area contributed by atoms with Crippen molar-refractivity contribution in [3.05, 3.63) is 35.4 Å². The fraction of sp³-hybridized carbons (Fsp3) is 0.529. The van der Waals surface area contributed by atoms with E-state index >= 15 is 0 Å². The van der Waals surface area contributed by atoms with Gasteiger partial charge >= 0.3 is 17.8 Å². The molecule has 6 nitrogen and oxygen atoms in total. The lowest BCUT2D eigenvalue weighted by atomic mass is 9.78. The minimum Gasteiger partial charge on any atom is -0.404 e. The quantitative estimate of drug-likeness (QED) is 0.804. The number of rotatable bonds is 5. The summed E-state index contributed by atoms with van der Waals surface area (Å²) in [5, 5.41) is 0. The van der Waals surface area contributed by atoms with Crippen molar-refractivity contribution in [3.8, 4) is 0 Å². The van der Waals surface area contributed by atoms with Crippen LogP contribution in [0.2, 0.25) is 0 Å². The molecule has 126 valence electrons. The number of hydrogen-bond donors (Lipinski definition) is 2. The highest BCUT2D eigenvalue weighted by atomic mass is 16.7. The van der Waals surface area contributed by atoms with E-state index in [2.05, 4.69) is 0 Å². The number of hydrogen-bond acceptors (Lipinski definition) is 6. The molecule has 0 aliphatic carbocycles. The Kier molecular flexibility index (Phi) is 4.77. The maximum atomic E-state index is 12.3. The normalized spacial score (nSPS) is 18.5. The van der Waals surface area contributed by atoms with E-state index in [1.165, 1.54) is 24.3 Å². The maximum Gasteiger partial charge on any atom is 0.342 e. The van der Waals surface area contributed by atoms with Gasteiger partial charge in [0.1, 0.15) is 0 Å². The molecule has 2 bridgehead atoms. The molecule has 6 heteroatoms. The molecule has 3 rings (SSSR count). The average Bonchev–Trinajstić information content (AvgIpc) is 2.52. The van der Waals surface area contributed by atoms with Gasteiger partial charge in [-0.2, -0.15) is 0 Å². The summed E-state index contributed by atoms with van der Waals surface area (Å²) in [6.07, 6.45) is 1.39. The van der Waals surface area contributed by atoms with Gasteiger partial charge in [0.25, 0.3) is 0 Å². The van der Waals surface area contributed by atoms with Crippen molar-refractivity contribution in [2.75, 3.05) is 6.54 Å². The minimum atomic E-state index is -1.85. The van der Waals surface area contributed by atoms with E-state index in [0.29, 0.717) is 24.1 Å². The van der Waals surface area contributed by atoms with Crippen LogP contribution >= 0.6 is 0 Å². The Morgan fingerprint density at radius 1 is 1.09 bits per heavy atom. The molecule has 0 spiro atoms. The summed E-state index contributed by atoms with van der Waals surface area (Å²) in [6.45, 7) is 6.22. The van der Waals surface area contributed by atoms with Gasteiger partial charge in [-0.15, -0.1) is 0 Å². The van der Waals surface area contributed by atoms with E-state index < -0.39 is 23.3 Å². The molecule has 1 unspecified atom stereocenters. The van der Waals surface area contributed by atoms with Crippen molar-refractivity contribution < 1.29 is 19.1 Å². The highest BCUT2D eigenvalue weighted by Crippen LogP contribution is 2.39. The molecule has 0 aromatic heterocycles. The molecule has 2 aliphatic heterocycles. The predicted octanol–water partition coefficient (Wildman–Crippen LogP) is 2.03. The second kappa shape index (κ2) is 6.29. The van der Waals surface area contributed by atoms with E-state index in [1.54, 1.807) is 0 Å². The fourth-order valence-electron chi connectivity index (χ4n) is 2.83. The van der Waals surface area contributed by atoms with Crippen LogP contribution in [0.3, 0.4) is 0 Å². The zero-order valence-electron chi connectivity index (χ0n) is 13.8. The number of esters is 2. The molecule has 1 aromatic carbocycles. The first-order chi connectivity index (χ1) is 10.7. The Morgan fingerprint density at radius 2 is 1.52 bits per heavy atom. The summed E-state index contributed by atoms with van der Waals surface area (Å²) in [6, 6.07) is 6.09. The summed E-state index contributed by atoms with van der Waals surface area (Å²) in [5.41, 5.74) is 11.7. The van der Waals surface area contributed by atoms with Gasteiger partial charge in [0.15, 0.2) is 0 Å². The smallest absolute Gasteiger partial charge is 0.342 e. The van der Waals surface area contributed by atoms with Crippen molar-refractivity contribution in [2.45, 2.75) is 39.5 Å². The standard InChI is InChI=1S/C17H24N2O4/c1-11(8-9-18)10-16(2,3)17(19)22-14(20)12-4-5-13(7-6-12)15(21)23-17/h4-7,11H,8-10,18-19H2,1-3H3. The number of fused-ring (bicyclic) bond motifs is 6. The molecule has 0 radical (unpaired) electrons. The summed E-state index contributed by atoms with van der Waals surface area (Å²) >= 11 is 0. The van der Waals surface area contributed by atoms with Gasteiger partial charge in [-0.1, -0.05) is 20.8 Å². The third-order valence-electron chi connectivity index (χ3n) is 4.31. The third kappa shape index (κ3) is 3.54. The van der Waals surface area contributed by atoms with Gasteiger partial charge < -0.3 is 15.2 Å². The Hall–Kier alpha value is -1.92. The fourth-order valence-corrected chi connectivity index (χ4v) is 2.83. The Balaban J connectivity index is 2.34. The SMILES string of the molecule is CC(CCN)CC(C)(C)C1(N)OC(=O)c2ccc(cc2)C(=O)O1. The first-order valence-corrected chi connectivity index (χ1v) is 7.74. The first kappa shape index (κ1) is 17.4. The van der Waals surface area contributed by atoms with Crippen molar-refractivity contribution in [1.29, 1.82) is 0 Å². The molecule has 1 atom stereocenters. The Labute approximate surface area is 136 Å². The van der Waals surface area contributed by atoms with Gasteiger partial charge in [-0.05, 0) is 49.6 Å². The summed E-state index contributed by atoms with van der Waals surface area (Å²) < 4.78 is 10.8. The van der Waals surface area contributed by atoms with Gasteiger partial charge in [-0.3, -0.25) is 5.73 Å². The number of benzene rings is 1. The van der Waals surface area contributed by atoms with Crippen LogP contribution in [0.1, 0.15) is 54.3 Å². The second-order valence-electron chi connectivity index (χ2n) is 6.79. The number of carbonyl (C=O) groups is 2. The highest BCUT2D eigenvalue weighted by Gasteiger charge is 2.50. The molecule has 0 amide bonds. The van der Waals surface area contributed by atoms with Gasteiger partial charge in [0.2, 0.25) is 0 Å². The van der Waals surface area contributed by atoms with Gasteiger partial charge in [-0.25, -0.2) is 9.59 Å². The molecular formula is C17H24N2O4. The van der Waals surface area contributed by atoms with Gasteiger partial charge in [0, 0.05) is 0 Å². The lowest BCUT2D eigenvalue weighted by Gasteiger charge is -2.42. The molecule has 2 heterocycles. The van der Waals surface area contributed by atoms with Crippen LogP contribution < -0.4 is 11.5 Å². The van der Waals surface area contributed by atoms with Crippen LogP contribution in [-0.2, 0) is 9.47 Å². The van der Waals surface area contributed by atoms with Gasteiger partial charge in [0.05, 0.1) is 16.5 Å². The zero-order valence-corrected chi connectivity index (χ0v) is 13.8. The van der Waals surface area contributed by atoms with E-state index in [9.17, 15) is 9.59 Å². The summed E-state index contributed by atoms with van der Waals surface area (Å²) in [4.78, 5) is 24.6. The topological polar surface area (TPSA) is 105 Å². The molecular weight excluding hydrogens is 296 g/mol.